The van der Waals surface area contributed by atoms with Crippen molar-refractivity contribution in [1.82, 2.24) is 0 Å². The van der Waals surface area contributed by atoms with Gasteiger partial charge in [-0.2, -0.15) is 0 Å². The van der Waals surface area contributed by atoms with Gasteiger partial charge in [0.2, 0.25) is 0 Å². The summed E-state index contributed by atoms with van der Waals surface area (Å²) in [7, 11) is 0. The third-order valence-electron chi connectivity index (χ3n) is 4.67. The number of Topliss-reactive ketones (excluding diaryl/α,β-unsaturated/α-hetero) is 1. The van der Waals surface area contributed by atoms with Crippen LogP contribution in [-0.2, 0) is 11.2 Å². The first-order chi connectivity index (χ1) is 9.36. The maximum atomic E-state index is 12.4. The van der Waals surface area contributed by atoms with Crippen LogP contribution in [0, 0.1) is 17.3 Å². The molecule has 1 aromatic rings. The Morgan fingerprint density at radius 1 is 1.20 bits per heavy atom. The van der Waals surface area contributed by atoms with E-state index in [1.54, 1.807) is 0 Å². The molecule has 20 heavy (non-hydrogen) atoms. The highest BCUT2D eigenvalue weighted by Gasteiger charge is 2.32. The quantitative estimate of drug-likeness (QED) is 0.720. The Morgan fingerprint density at radius 3 is 2.40 bits per heavy atom. The summed E-state index contributed by atoms with van der Waals surface area (Å²) in [4.78, 5) is 12.4. The maximum absolute atomic E-state index is 12.4. The fraction of sp³-hybridized carbons (Fsp3) is 0.611. The van der Waals surface area contributed by atoms with E-state index in [9.17, 15) is 4.79 Å². The molecule has 1 fully saturated rings. The molecule has 2 heteroatoms. The van der Waals surface area contributed by atoms with Gasteiger partial charge in [0.05, 0.1) is 0 Å². The van der Waals surface area contributed by atoms with E-state index in [0.29, 0.717) is 17.6 Å². The number of carbonyl (C=O) groups excluding carboxylic acids is 1. The van der Waals surface area contributed by atoms with Gasteiger partial charge in [0.1, 0.15) is 5.78 Å². The van der Waals surface area contributed by atoms with Gasteiger partial charge in [0.15, 0.2) is 0 Å². The molecule has 0 amide bonds. The third kappa shape index (κ3) is 4.18. The predicted octanol–water partition coefficient (Wildman–Crippen LogP) is 5.41. The van der Waals surface area contributed by atoms with Crippen molar-refractivity contribution in [2.24, 2.45) is 17.3 Å². The second kappa shape index (κ2) is 6.43. The minimum atomic E-state index is 0.285. The summed E-state index contributed by atoms with van der Waals surface area (Å²) in [6.07, 6.45) is 5.16. The lowest BCUT2D eigenvalue weighted by Crippen LogP contribution is -2.29. The molecular weight excluding hydrogens is 312 g/mol. The van der Waals surface area contributed by atoms with Crippen molar-refractivity contribution < 1.29 is 4.79 Å². The van der Waals surface area contributed by atoms with E-state index in [2.05, 4.69) is 42.8 Å². The second-order valence-electron chi connectivity index (χ2n) is 7.19. The molecule has 2 rings (SSSR count). The SMILES string of the molecule is CC(C)(C)C1CCC(C(=O)Cc2cccc(Br)c2)CC1. The molecule has 0 radical (unpaired) electrons. The Kier molecular flexibility index (Phi) is 5.06. The number of carbonyl (C=O) groups is 1. The average molecular weight is 337 g/mol. The predicted molar refractivity (Wildman–Crippen MR) is 87.8 cm³/mol. The number of hydrogen-bond donors (Lipinski definition) is 0. The molecule has 0 atom stereocenters. The minimum Gasteiger partial charge on any atom is -0.299 e. The highest BCUT2D eigenvalue weighted by molar-refractivity contribution is 9.10. The first-order valence-corrected chi connectivity index (χ1v) is 8.42. The molecule has 0 heterocycles. The standard InChI is InChI=1S/C18H25BrO/c1-18(2,3)15-9-7-14(8-10-15)17(20)12-13-5-4-6-16(19)11-13/h4-6,11,14-15H,7-10,12H2,1-3H3. The van der Waals surface area contributed by atoms with Gasteiger partial charge in [-0.25, -0.2) is 0 Å². The topological polar surface area (TPSA) is 17.1 Å². The molecule has 0 aromatic heterocycles. The normalized spacial score (nSPS) is 23.6. The smallest absolute Gasteiger partial charge is 0.140 e. The van der Waals surface area contributed by atoms with Gasteiger partial charge in [-0.3, -0.25) is 4.79 Å². The highest BCUT2D eigenvalue weighted by atomic mass is 79.9. The van der Waals surface area contributed by atoms with E-state index in [1.807, 2.05) is 18.2 Å². The van der Waals surface area contributed by atoms with Crippen LogP contribution in [0.1, 0.15) is 52.0 Å². The number of rotatable bonds is 3. The molecule has 0 unspecified atom stereocenters. The summed E-state index contributed by atoms with van der Waals surface area (Å²) in [5, 5.41) is 0. The number of ketones is 1. The molecule has 1 aliphatic carbocycles. The summed E-state index contributed by atoms with van der Waals surface area (Å²) in [6.45, 7) is 6.96. The van der Waals surface area contributed by atoms with Crippen molar-refractivity contribution in [3.8, 4) is 0 Å². The Balaban J connectivity index is 1.89. The van der Waals surface area contributed by atoms with Gasteiger partial charge in [-0.05, 0) is 54.7 Å². The van der Waals surface area contributed by atoms with E-state index in [-0.39, 0.29) is 5.92 Å². The first kappa shape index (κ1) is 15.8. The van der Waals surface area contributed by atoms with Gasteiger partial charge in [0.25, 0.3) is 0 Å². The Bertz CT molecular complexity index is 465. The lowest BCUT2D eigenvalue weighted by Gasteiger charge is -2.36. The average Bonchev–Trinajstić information content (AvgIpc) is 2.38. The van der Waals surface area contributed by atoms with Gasteiger partial charge in [0, 0.05) is 16.8 Å². The largest absolute Gasteiger partial charge is 0.299 e. The van der Waals surface area contributed by atoms with Crippen LogP contribution in [0.2, 0.25) is 0 Å². The van der Waals surface area contributed by atoms with Crippen LogP contribution >= 0.6 is 15.9 Å². The zero-order valence-corrected chi connectivity index (χ0v) is 14.4. The Morgan fingerprint density at radius 2 is 1.85 bits per heavy atom. The molecule has 1 aromatic carbocycles. The molecule has 0 bridgehead atoms. The monoisotopic (exact) mass is 336 g/mol. The fourth-order valence-corrected chi connectivity index (χ4v) is 3.72. The number of hydrogen-bond acceptors (Lipinski definition) is 1. The molecular formula is C18H25BrO. The summed E-state index contributed by atoms with van der Waals surface area (Å²) in [6, 6.07) is 8.11. The van der Waals surface area contributed by atoms with Crippen molar-refractivity contribution in [2.75, 3.05) is 0 Å². The van der Waals surface area contributed by atoms with Crippen molar-refractivity contribution in [1.29, 1.82) is 0 Å². The molecule has 0 aliphatic heterocycles. The molecule has 110 valence electrons. The second-order valence-corrected chi connectivity index (χ2v) is 8.10. The van der Waals surface area contributed by atoms with Crippen LogP contribution in [0.25, 0.3) is 0 Å². The third-order valence-corrected chi connectivity index (χ3v) is 5.17. The summed E-state index contributed by atoms with van der Waals surface area (Å²) in [5.41, 5.74) is 1.51. The Hall–Kier alpha value is -0.630. The molecule has 1 saturated carbocycles. The zero-order valence-electron chi connectivity index (χ0n) is 12.8. The molecule has 1 aliphatic rings. The van der Waals surface area contributed by atoms with Gasteiger partial charge in [-0.1, -0.05) is 48.8 Å². The van der Waals surface area contributed by atoms with E-state index < -0.39 is 0 Å². The van der Waals surface area contributed by atoms with Crippen molar-refractivity contribution >= 4 is 21.7 Å². The summed E-state index contributed by atoms with van der Waals surface area (Å²) >= 11 is 3.47. The van der Waals surface area contributed by atoms with Gasteiger partial charge >= 0.3 is 0 Å². The molecule has 0 N–H and O–H groups in total. The summed E-state index contributed by atoms with van der Waals surface area (Å²) < 4.78 is 1.05. The lowest BCUT2D eigenvalue weighted by molar-refractivity contribution is -0.123. The maximum Gasteiger partial charge on any atom is 0.140 e. The van der Waals surface area contributed by atoms with Crippen LogP contribution in [-0.4, -0.2) is 5.78 Å². The number of benzene rings is 1. The van der Waals surface area contributed by atoms with Crippen molar-refractivity contribution in [2.45, 2.75) is 52.9 Å². The lowest BCUT2D eigenvalue weighted by atomic mass is 9.69. The molecule has 0 saturated heterocycles. The fourth-order valence-electron chi connectivity index (χ4n) is 3.27. The van der Waals surface area contributed by atoms with Gasteiger partial charge < -0.3 is 0 Å². The van der Waals surface area contributed by atoms with E-state index >= 15 is 0 Å². The molecule has 1 nitrogen and oxygen atoms in total. The number of halogens is 1. The minimum absolute atomic E-state index is 0.285. The van der Waals surface area contributed by atoms with Crippen LogP contribution in [0.4, 0.5) is 0 Å². The summed E-state index contributed by atoms with van der Waals surface area (Å²) in [5.74, 6) is 1.49. The first-order valence-electron chi connectivity index (χ1n) is 7.63. The van der Waals surface area contributed by atoms with Crippen LogP contribution in [0.3, 0.4) is 0 Å². The van der Waals surface area contributed by atoms with Crippen molar-refractivity contribution in [3.05, 3.63) is 34.3 Å². The highest BCUT2D eigenvalue weighted by Crippen LogP contribution is 2.40. The van der Waals surface area contributed by atoms with E-state index in [1.165, 1.54) is 12.8 Å². The van der Waals surface area contributed by atoms with Crippen LogP contribution < -0.4 is 0 Å². The van der Waals surface area contributed by atoms with Crippen LogP contribution in [0.5, 0.6) is 0 Å². The van der Waals surface area contributed by atoms with E-state index in [4.69, 9.17) is 0 Å². The zero-order chi connectivity index (χ0) is 14.8. The van der Waals surface area contributed by atoms with Crippen molar-refractivity contribution in [3.63, 3.8) is 0 Å². The van der Waals surface area contributed by atoms with Gasteiger partial charge in [-0.15, -0.1) is 0 Å². The Labute approximate surface area is 131 Å². The van der Waals surface area contributed by atoms with E-state index in [0.717, 1.165) is 28.8 Å². The molecule has 0 spiro atoms. The van der Waals surface area contributed by atoms with Crippen LogP contribution in [0.15, 0.2) is 28.7 Å².